The summed E-state index contributed by atoms with van der Waals surface area (Å²) in [6, 6.07) is 16.9. The number of nitrogens with zero attached hydrogens (tertiary/aromatic N) is 2. The molecule has 23 heavy (non-hydrogen) atoms. The largest absolute Gasteiger partial charge is 0.417 e. The molecule has 1 N–H and O–H groups in total. The molecular weight excluding hydrogens is 314 g/mol. The van der Waals surface area contributed by atoms with Gasteiger partial charge >= 0.3 is 11.8 Å². The average molecular weight is 328 g/mol. The maximum atomic E-state index is 12.1. The molecule has 0 aliphatic heterocycles. The van der Waals surface area contributed by atoms with Gasteiger partial charge in [-0.1, -0.05) is 54.1 Å². The van der Waals surface area contributed by atoms with Crippen molar-refractivity contribution in [1.82, 2.24) is 10.2 Å². The van der Waals surface area contributed by atoms with Crippen molar-refractivity contribution < 1.29 is 9.21 Å². The molecule has 0 unspecified atom stereocenters. The van der Waals surface area contributed by atoms with Crippen LogP contribution in [-0.4, -0.2) is 16.1 Å². The molecule has 0 saturated heterocycles. The van der Waals surface area contributed by atoms with Crippen LogP contribution in [0.2, 0.25) is 5.02 Å². The lowest BCUT2D eigenvalue weighted by Gasteiger charge is -2.03. The summed E-state index contributed by atoms with van der Waals surface area (Å²) in [5.41, 5.74) is 1.68. The number of carbonyl (C=O) groups is 1. The van der Waals surface area contributed by atoms with Gasteiger partial charge in [-0.2, -0.15) is 0 Å². The summed E-state index contributed by atoms with van der Waals surface area (Å²) in [6.07, 6.45) is 1.35. The van der Waals surface area contributed by atoms with Crippen LogP contribution in [0, 0.1) is 0 Å². The van der Waals surface area contributed by atoms with E-state index in [1.807, 2.05) is 30.3 Å². The van der Waals surface area contributed by atoms with Crippen LogP contribution < -0.4 is 5.32 Å². The first kappa shape index (κ1) is 15.2. The quantitative estimate of drug-likeness (QED) is 0.774. The molecule has 0 fully saturated rings. The molecule has 5 nitrogen and oxygen atoms in total. The predicted octanol–water partition coefficient (Wildman–Crippen LogP) is 3.76. The summed E-state index contributed by atoms with van der Waals surface area (Å²) in [6.45, 7) is 0. The lowest BCUT2D eigenvalue weighted by molar-refractivity contribution is 0.0988. The number of halogens is 1. The van der Waals surface area contributed by atoms with Gasteiger partial charge in [0.2, 0.25) is 5.89 Å². The number of aromatic nitrogens is 2. The molecule has 1 aromatic heterocycles. The van der Waals surface area contributed by atoms with Gasteiger partial charge in [0.25, 0.3) is 0 Å². The van der Waals surface area contributed by atoms with Crippen molar-refractivity contribution in [3.8, 4) is 0 Å². The number of benzene rings is 2. The number of rotatable bonds is 5. The van der Waals surface area contributed by atoms with Crippen molar-refractivity contribution >= 4 is 23.2 Å². The van der Waals surface area contributed by atoms with E-state index >= 15 is 0 Å². The second-order valence-corrected chi connectivity index (χ2v) is 5.33. The van der Waals surface area contributed by atoms with Gasteiger partial charge in [-0.3, -0.25) is 4.79 Å². The minimum absolute atomic E-state index is 0.0759. The molecule has 0 saturated carbocycles. The summed E-state index contributed by atoms with van der Waals surface area (Å²) >= 11 is 6.00. The molecule has 6 heteroatoms. The number of hydrogen-bond acceptors (Lipinski definition) is 4. The van der Waals surface area contributed by atoms with Crippen LogP contribution >= 0.6 is 11.6 Å². The van der Waals surface area contributed by atoms with E-state index in [1.165, 1.54) is 5.56 Å². The maximum absolute atomic E-state index is 12.1. The van der Waals surface area contributed by atoms with Gasteiger partial charge in [-0.05, 0) is 24.1 Å². The van der Waals surface area contributed by atoms with E-state index in [0.717, 1.165) is 6.42 Å². The molecule has 2 aromatic carbocycles. The molecular formula is C17H14ClN3O2. The molecule has 0 bridgehead atoms. The Balaban J connectivity index is 1.62. The molecule has 1 amide bonds. The fourth-order valence-corrected chi connectivity index (χ4v) is 2.26. The molecule has 0 spiro atoms. The molecule has 3 rings (SSSR count). The highest BCUT2D eigenvalue weighted by molar-refractivity contribution is 6.33. The Bertz CT molecular complexity index is 802. The predicted molar refractivity (Wildman–Crippen MR) is 87.6 cm³/mol. The smallest absolute Gasteiger partial charge is 0.313 e. The summed E-state index contributed by atoms with van der Waals surface area (Å²) in [5, 5.41) is 10.8. The Morgan fingerprint density at radius 2 is 1.74 bits per heavy atom. The third-order valence-electron chi connectivity index (χ3n) is 3.25. The molecule has 0 aliphatic rings. The highest BCUT2D eigenvalue weighted by atomic mass is 35.5. The highest BCUT2D eigenvalue weighted by Gasteiger charge is 2.16. The van der Waals surface area contributed by atoms with Crippen LogP contribution in [0.3, 0.4) is 0 Å². The van der Waals surface area contributed by atoms with E-state index in [-0.39, 0.29) is 5.89 Å². The molecule has 0 atom stereocenters. The third-order valence-corrected chi connectivity index (χ3v) is 3.58. The van der Waals surface area contributed by atoms with Gasteiger partial charge in [0.1, 0.15) is 0 Å². The fourth-order valence-electron chi connectivity index (χ4n) is 2.08. The zero-order chi connectivity index (χ0) is 16.1. The van der Waals surface area contributed by atoms with Gasteiger partial charge in [-0.25, -0.2) is 0 Å². The standard InChI is InChI=1S/C17H14ClN3O2/c18-13-8-4-5-9-14(13)19-16(22)17-21-20-15(23-17)11-10-12-6-2-1-3-7-12/h1-9H,10-11H2,(H,19,22). The first-order valence-electron chi connectivity index (χ1n) is 7.14. The maximum Gasteiger partial charge on any atom is 0.313 e. The number of hydrogen-bond donors (Lipinski definition) is 1. The van der Waals surface area contributed by atoms with Gasteiger partial charge in [-0.15, -0.1) is 10.2 Å². The summed E-state index contributed by atoms with van der Waals surface area (Å²) in [4.78, 5) is 12.1. The molecule has 116 valence electrons. The topological polar surface area (TPSA) is 68.0 Å². The molecule has 0 radical (unpaired) electrons. The number of anilines is 1. The van der Waals surface area contributed by atoms with Crippen LogP contribution in [0.15, 0.2) is 59.0 Å². The van der Waals surface area contributed by atoms with Crippen LogP contribution in [0.1, 0.15) is 22.1 Å². The average Bonchev–Trinajstić information content (AvgIpc) is 3.05. The second kappa shape index (κ2) is 7.07. The first-order valence-corrected chi connectivity index (χ1v) is 7.52. The minimum Gasteiger partial charge on any atom is -0.417 e. The van der Waals surface area contributed by atoms with E-state index in [9.17, 15) is 4.79 Å². The summed E-state index contributed by atoms with van der Waals surface area (Å²) in [7, 11) is 0. The number of nitrogens with one attached hydrogen (secondary N) is 1. The molecule has 1 heterocycles. The minimum atomic E-state index is -0.475. The number of para-hydroxylation sites is 1. The van der Waals surface area contributed by atoms with Crippen molar-refractivity contribution in [3.05, 3.63) is 77.0 Å². The van der Waals surface area contributed by atoms with E-state index in [1.54, 1.807) is 24.3 Å². The SMILES string of the molecule is O=C(Nc1ccccc1Cl)c1nnc(CCc2ccccc2)o1. The summed E-state index contributed by atoms with van der Waals surface area (Å²) < 4.78 is 5.40. The Morgan fingerprint density at radius 3 is 2.52 bits per heavy atom. The zero-order valence-corrected chi connectivity index (χ0v) is 13.0. The Hall–Kier alpha value is -2.66. The van der Waals surface area contributed by atoms with E-state index < -0.39 is 5.91 Å². The van der Waals surface area contributed by atoms with Gasteiger partial charge in [0.05, 0.1) is 10.7 Å². The van der Waals surface area contributed by atoms with Crippen molar-refractivity contribution in [2.24, 2.45) is 0 Å². The van der Waals surface area contributed by atoms with Gasteiger partial charge in [0, 0.05) is 6.42 Å². The van der Waals surface area contributed by atoms with Crippen molar-refractivity contribution in [3.63, 3.8) is 0 Å². The van der Waals surface area contributed by atoms with Crippen molar-refractivity contribution in [2.45, 2.75) is 12.8 Å². The fraction of sp³-hybridized carbons (Fsp3) is 0.118. The van der Waals surface area contributed by atoms with Crippen molar-refractivity contribution in [1.29, 1.82) is 0 Å². The van der Waals surface area contributed by atoms with Crippen LogP contribution in [0.25, 0.3) is 0 Å². The Morgan fingerprint density at radius 1 is 1.00 bits per heavy atom. The second-order valence-electron chi connectivity index (χ2n) is 4.92. The highest BCUT2D eigenvalue weighted by Crippen LogP contribution is 2.21. The van der Waals surface area contributed by atoms with Crippen molar-refractivity contribution in [2.75, 3.05) is 5.32 Å². The lowest BCUT2D eigenvalue weighted by atomic mass is 10.1. The monoisotopic (exact) mass is 327 g/mol. The van der Waals surface area contributed by atoms with E-state index in [4.69, 9.17) is 16.0 Å². The van der Waals surface area contributed by atoms with Gasteiger partial charge in [0.15, 0.2) is 0 Å². The molecule has 3 aromatic rings. The van der Waals surface area contributed by atoms with Gasteiger partial charge < -0.3 is 9.73 Å². The van der Waals surface area contributed by atoms with Crippen LogP contribution in [0.5, 0.6) is 0 Å². The Labute approximate surface area is 138 Å². The van der Waals surface area contributed by atoms with E-state index in [0.29, 0.717) is 23.0 Å². The van der Waals surface area contributed by atoms with Crippen LogP contribution in [-0.2, 0) is 12.8 Å². The lowest BCUT2D eigenvalue weighted by Crippen LogP contribution is -2.12. The first-order chi connectivity index (χ1) is 11.2. The summed E-state index contributed by atoms with van der Waals surface area (Å²) in [5.74, 6) is -0.122. The zero-order valence-electron chi connectivity index (χ0n) is 12.2. The number of amides is 1. The third kappa shape index (κ3) is 3.96. The number of aryl methyl sites for hydroxylation is 2. The Kier molecular flexibility index (Phi) is 4.68. The van der Waals surface area contributed by atoms with Crippen LogP contribution in [0.4, 0.5) is 5.69 Å². The number of carbonyl (C=O) groups excluding carboxylic acids is 1. The normalized spacial score (nSPS) is 10.5. The molecule has 0 aliphatic carbocycles. The van der Waals surface area contributed by atoms with E-state index in [2.05, 4.69) is 15.5 Å².